The number of carbonyl (C=O) groups is 1. The summed E-state index contributed by atoms with van der Waals surface area (Å²) in [6.45, 7) is 3.19. The number of aliphatic carboxylic acids is 1. The van der Waals surface area contributed by atoms with Gasteiger partial charge in [-0.05, 0) is 61.1 Å². The van der Waals surface area contributed by atoms with E-state index in [2.05, 4.69) is 48.3 Å². The van der Waals surface area contributed by atoms with Crippen LogP contribution in [0.1, 0.15) is 81.4 Å². The Morgan fingerprint density at radius 2 is 1.45 bits per heavy atom. The lowest BCUT2D eigenvalue weighted by Crippen LogP contribution is -2.02. The molecule has 166 valence electrons. The van der Waals surface area contributed by atoms with E-state index in [1.54, 1.807) is 0 Å². The van der Waals surface area contributed by atoms with Crippen LogP contribution in [0.2, 0.25) is 0 Å². The molecule has 0 radical (unpaired) electrons. The molecule has 31 heavy (non-hydrogen) atoms. The van der Waals surface area contributed by atoms with Crippen molar-refractivity contribution in [3.05, 3.63) is 65.2 Å². The number of anilines is 1. The quantitative estimate of drug-likeness (QED) is 0.260. The Morgan fingerprint density at radius 3 is 2.13 bits per heavy atom. The third kappa shape index (κ3) is 11.3. The van der Waals surface area contributed by atoms with Gasteiger partial charge in [-0.2, -0.15) is 0 Å². The lowest BCUT2D eigenvalue weighted by atomic mass is 10.1. The van der Waals surface area contributed by atoms with Crippen molar-refractivity contribution in [2.24, 2.45) is 0 Å². The average molecular weight is 420 g/mol. The maximum absolute atomic E-state index is 10.6. The van der Waals surface area contributed by atoms with Gasteiger partial charge < -0.3 is 10.4 Å². The van der Waals surface area contributed by atoms with E-state index in [0.717, 1.165) is 36.2 Å². The van der Waals surface area contributed by atoms with Gasteiger partial charge in [-0.15, -0.1) is 0 Å². The number of carboxylic acids is 1. The zero-order valence-electron chi connectivity index (χ0n) is 19.0. The summed E-state index contributed by atoms with van der Waals surface area (Å²) in [7, 11) is 0. The lowest BCUT2D eigenvalue weighted by molar-refractivity contribution is -0.136. The van der Waals surface area contributed by atoms with E-state index in [0.29, 0.717) is 6.42 Å². The highest BCUT2D eigenvalue weighted by Gasteiger charge is 1.99. The Balaban J connectivity index is 1.46. The molecule has 0 bridgehead atoms. The minimum absolute atomic E-state index is 0.187. The second-order valence-electron chi connectivity index (χ2n) is 8.14. The van der Waals surface area contributed by atoms with Crippen molar-refractivity contribution in [2.75, 3.05) is 11.9 Å². The van der Waals surface area contributed by atoms with Gasteiger partial charge in [0.05, 0.1) is 0 Å². The summed E-state index contributed by atoms with van der Waals surface area (Å²) in [6.07, 6.45) is 11.5. The van der Waals surface area contributed by atoms with Crippen LogP contribution in [0.4, 0.5) is 5.69 Å². The van der Waals surface area contributed by atoms with Gasteiger partial charge >= 0.3 is 5.97 Å². The number of carboxylic acid groups (broad SMARTS) is 1. The second kappa shape index (κ2) is 15.1. The zero-order chi connectivity index (χ0) is 22.2. The molecule has 0 atom stereocenters. The third-order valence-corrected chi connectivity index (χ3v) is 5.36. The van der Waals surface area contributed by atoms with E-state index in [9.17, 15) is 4.79 Å². The van der Waals surface area contributed by atoms with Crippen molar-refractivity contribution in [2.45, 2.75) is 77.6 Å². The lowest BCUT2D eigenvalue weighted by Gasteiger charge is -2.07. The van der Waals surface area contributed by atoms with Crippen LogP contribution in [0.3, 0.4) is 0 Å². The molecule has 0 aliphatic heterocycles. The molecule has 0 aromatic heterocycles. The number of hydrogen-bond donors (Lipinski definition) is 2. The molecule has 2 N–H and O–H groups in total. The van der Waals surface area contributed by atoms with Crippen LogP contribution < -0.4 is 5.32 Å². The molecule has 0 amide bonds. The van der Waals surface area contributed by atoms with Gasteiger partial charge in [-0.1, -0.05) is 75.1 Å². The maximum Gasteiger partial charge on any atom is 0.303 e. The molecule has 3 heteroatoms. The van der Waals surface area contributed by atoms with Gasteiger partial charge in [0.1, 0.15) is 0 Å². The molecule has 0 aliphatic rings. The molecule has 2 rings (SSSR count). The largest absolute Gasteiger partial charge is 0.481 e. The highest BCUT2D eigenvalue weighted by atomic mass is 16.4. The average Bonchev–Trinajstić information content (AvgIpc) is 2.78. The van der Waals surface area contributed by atoms with Crippen LogP contribution in [-0.4, -0.2) is 17.6 Å². The molecule has 0 saturated carbocycles. The summed E-state index contributed by atoms with van der Waals surface area (Å²) in [4.78, 5) is 10.6. The summed E-state index contributed by atoms with van der Waals surface area (Å²) in [6, 6.07) is 16.8. The molecule has 2 aromatic carbocycles. The van der Waals surface area contributed by atoms with E-state index >= 15 is 0 Å². The Bertz CT molecular complexity index is 813. The van der Waals surface area contributed by atoms with Crippen LogP contribution in [0.5, 0.6) is 0 Å². The highest BCUT2D eigenvalue weighted by molar-refractivity contribution is 5.67. The summed E-state index contributed by atoms with van der Waals surface area (Å²) in [5.41, 5.74) is 4.71. The van der Waals surface area contributed by atoms with Crippen molar-refractivity contribution in [3.8, 4) is 11.8 Å². The minimum atomic E-state index is -0.747. The summed E-state index contributed by atoms with van der Waals surface area (Å²) in [5, 5.41) is 12.2. The minimum Gasteiger partial charge on any atom is -0.481 e. The van der Waals surface area contributed by atoms with Gasteiger partial charge in [0.2, 0.25) is 0 Å². The van der Waals surface area contributed by atoms with E-state index in [4.69, 9.17) is 5.11 Å². The SMILES string of the molecule is CCCc1ccc(C#CCCCCCCCCNc2ccc(CCC(=O)O)cc2)cc1. The van der Waals surface area contributed by atoms with Gasteiger partial charge in [-0.3, -0.25) is 4.79 Å². The van der Waals surface area contributed by atoms with E-state index < -0.39 is 5.97 Å². The highest BCUT2D eigenvalue weighted by Crippen LogP contribution is 2.12. The normalized spacial score (nSPS) is 10.4. The fraction of sp³-hybridized carbons (Fsp3) is 0.464. The van der Waals surface area contributed by atoms with Gasteiger partial charge in [0.15, 0.2) is 0 Å². The van der Waals surface area contributed by atoms with E-state index in [1.165, 1.54) is 50.5 Å². The number of rotatable bonds is 14. The van der Waals surface area contributed by atoms with Crippen LogP contribution in [0, 0.1) is 11.8 Å². The molecule has 0 aliphatic carbocycles. The first-order valence-corrected chi connectivity index (χ1v) is 11.8. The molecule has 0 saturated heterocycles. The number of benzene rings is 2. The van der Waals surface area contributed by atoms with Crippen molar-refractivity contribution in [1.82, 2.24) is 0 Å². The molecule has 2 aromatic rings. The number of nitrogens with one attached hydrogen (secondary N) is 1. The Hall–Kier alpha value is -2.73. The summed E-state index contributed by atoms with van der Waals surface area (Å²) >= 11 is 0. The fourth-order valence-corrected chi connectivity index (χ4v) is 3.53. The van der Waals surface area contributed by atoms with Crippen LogP contribution >= 0.6 is 0 Å². The molecule has 3 nitrogen and oxygen atoms in total. The monoisotopic (exact) mass is 419 g/mol. The maximum atomic E-state index is 10.6. The van der Waals surface area contributed by atoms with Gasteiger partial charge in [0, 0.05) is 30.6 Å². The number of unbranched alkanes of at least 4 members (excludes halogenated alkanes) is 6. The van der Waals surface area contributed by atoms with Gasteiger partial charge in [-0.25, -0.2) is 0 Å². The van der Waals surface area contributed by atoms with Crippen molar-refractivity contribution >= 4 is 11.7 Å². The summed E-state index contributed by atoms with van der Waals surface area (Å²) in [5.74, 6) is 5.84. The van der Waals surface area contributed by atoms with Crippen LogP contribution in [0.25, 0.3) is 0 Å². The van der Waals surface area contributed by atoms with E-state index in [1.807, 2.05) is 24.3 Å². The first-order chi connectivity index (χ1) is 15.2. The van der Waals surface area contributed by atoms with Crippen molar-refractivity contribution in [3.63, 3.8) is 0 Å². The molecule has 0 fully saturated rings. The smallest absolute Gasteiger partial charge is 0.303 e. The first kappa shape index (κ1) is 24.5. The number of aryl methyl sites for hydroxylation is 2. The molecule has 0 unspecified atom stereocenters. The third-order valence-electron chi connectivity index (χ3n) is 5.36. The Morgan fingerprint density at radius 1 is 0.839 bits per heavy atom. The molecular formula is C28H37NO2. The Kier molecular flexibility index (Phi) is 12.0. The topological polar surface area (TPSA) is 49.3 Å². The van der Waals surface area contributed by atoms with Crippen LogP contribution in [0.15, 0.2) is 48.5 Å². The zero-order valence-corrected chi connectivity index (χ0v) is 19.0. The standard InChI is InChI=1S/C28H37NO2/c1-2-11-24-13-15-25(16-14-24)12-9-7-5-3-4-6-8-10-23-29-27-20-17-26(18-21-27)19-22-28(30)31/h13-18,20-21,29H,2-8,10-11,19,22-23H2,1H3,(H,30,31). The molecule has 0 spiro atoms. The first-order valence-electron chi connectivity index (χ1n) is 11.8. The van der Waals surface area contributed by atoms with Crippen molar-refractivity contribution in [1.29, 1.82) is 0 Å². The molecular weight excluding hydrogens is 382 g/mol. The Labute approximate surface area is 188 Å². The van der Waals surface area contributed by atoms with Gasteiger partial charge in [0.25, 0.3) is 0 Å². The predicted octanol–water partition coefficient (Wildman–Crippen LogP) is 6.85. The fourth-order valence-electron chi connectivity index (χ4n) is 3.53. The predicted molar refractivity (Wildman–Crippen MR) is 131 cm³/mol. The number of hydrogen-bond acceptors (Lipinski definition) is 2. The summed E-state index contributed by atoms with van der Waals surface area (Å²) < 4.78 is 0. The van der Waals surface area contributed by atoms with Crippen LogP contribution in [-0.2, 0) is 17.6 Å². The molecule has 0 heterocycles. The van der Waals surface area contributed by atoms with E-state index in [-0.39, 0.29) is 6.42 Å². The van der Waals surface area contributed by atoms with Crippen molar-refractivity contribution < 1.29 is 9.90 Å². The second-order valence-corrected chi connectivity index (χ2v) is 8.14.